The lowest BCUT2D eigenvalue weighted by Gasteiger charge is -2.19. The number of ether oxygens (including phenoxy) is 3. The van der Waals surface area contributed by atoms with Crippen molar-refractivity contribution >= 4 is 40.6 Å². The molecule has 2 aromatic rings. The number of nitrogens with zero attached hydrogens (tertiary/aromatic N) is 2. The van der Waals surface area contributed by atoms with Gasteiger partial charge in [-0.15, -0.1) is 0 Å². The molecule has 0 aliphatic carbocycles. The van der Waals surface area contributed by atoms with Crippen LogP contribution < -0.4 is 14.4 Å². The van der Waals surface area contributed by atoms with E-state index in [2.05, 4.69) is 4.99 Å². The first-order valence-electron chi connectivity index (χ1n) is 9.53. The molecule has 0 aromatic heterocycles. The largest absolute Gasteiger partial charge is 0.465 e. The van der Waals surface area contributed by atoms with Crippen molar-refractivity contribution in [1.82, 2.24) is 0 Å². The zero-order chi connectivity index (χ0) is 20.7. The highest BCUT2D eigenvalue weighted by Gasteiger charge is 2.37. The summed E-state index contributed by atoms with van der Waals surface area (Å²) in [4.78, 5) is 31.3. The molecule has 5 rings (SSSR count). The third-order valence-corrected chi connectivity index (χ3v) is 6.15. The Labute approximate surface area is 177 Å². The molecule has 0 spiro atoms. The van der Waals surface area contributed by atoms with Crippen LogP contribution in [0.1, 0.15) is 17.5 Å². The lowest BCUT2D eigenvalue weighted by Crippen LogP contribution is -2.32. The Morgan fingerprint density at radius 3 is 2.63 bits per heavy atom. The second-order valence-electron chi connectivity index (χ2n) is 7.08. The third kappa shape index (κ3) is 3.43. The highest BCUT2D eigenvalue weighted by atomic mass is 32.2. The van der Waals surface area contributed by atoms with E-state index in [-0.39, 0.29) is 23.9 Å². The summed E-state index contributed by atoms with van der Waals surface area (Å²) in [6.45, 7) is 2.56. The van der Waals surface area contributed by atoms with E-state index in [0.717, 1.165) is 11.1 Å². The Morgan fingerprint density at radius 1 is 1.07 bits per heavy atom. The summed E-state index contributed by atoms with van der Waals surface area (Å²) in [5, 5.41) is 0.106. The highest BCUT2D eigenvalue weighted by molar-refractivity contribution is 8.15. The minimum absolute atomic E-state index is 0.186. The molecule has 8 heteroatoms. The first kappa shape index (κ1) is 18.7. The quantitative estimate of drug-likeness (QED) is 0.556. The maximum absolute atomic E-state index is 13.3. The Bertz CT molecular complexity index is 1090. The van der Waals surface area contributed by atoms with Gasteiger partial charge in [-0.1, -0.05) is 35.5 Å². The number of anilines is 1. The fourth-order valence-corrected chi connectivity index (χ4v) is 4.45. The molecule has 0 N–H and O–H groups in total. The van der Waals surface area contributed by atoms with E-state index in [1.165, 1.54) is 11.8 Å². The Morgan fingerprint density at radius 2 is 1.87 bits per heavy atom. The van der Waals surface area contributed by atoms with Crippen LogP contribution in [0.15, 0.2) is 53.2 Å². The normalized spacial score (nSPS) is 21.4. The van der Waals surface area contributed by atoms with Gasteiger partial charge in [-0.25, -0.2) is 4.99 Å². The summed E-state index contributed by atoms with van der Waals surface area (Å²) < 4.78 is 15.8. The Hall–Kier alpha value is -3.26. The summed E-state index contributed by atoms with van der Waals surface area (Å²) >= 11 is 1.26. The Kier molecular flexibility index (Phi) is 4.71. The van der Waals surface area contributed by atoms with Gasteiger partial charge in [-0.2, -0.15) is 0 Å². The van der Waals surface area contributed by atoms with E-state index in [1.54, 1.807) is 17.0 Å². The van der Waals surface area contributed by atoms with Crippen LogP contribution in [0.4, 0.5) is 5.69 Å². The predicted octanol–water partition coefficient (Wildman–Crippen LogP) is 3.52. The molecule has 0 bridgehead atoms. The van der Waals surface area contributed by atoms with Crippen LogP contribution in [-0.2, 0) is 14.3 Å². The van der Waals surface area contributed by atoms with Crippen LogP contribution in [0.5, 0.6) is 11.5 Å². The zero-order valence-electron chi connectivity index (χ0n) is 16.2. The van der Waals surface area contributed by atoms with Gasteiger partial charge in [0, 0.05) is 6.42 Å². The number of rotatable bonds is 3. The van der Waals surface area contributed by atoms with Gasteiger partial charge in [-0.05, 0) is 42.8 Å². The number of hydrogen-bond acceptors (Lipinski definition) is 7. The van der Waals surface area contributed by atoms with Crippen LogP contribution in [0.25, 0.3) is 6.08 Å². The summed E-state index contributed by atoms with van der Waals surface area (Å²) in [7, 11) is 0. The number of thioether (sulfide) groups is 1. The van der Waals surface area contributed by atoms with E-state index in [9.17, 15) is 9.59 Å². The molecule has 2 aromatic carbocycles. The first-order chi connectivity index (χ1) is 14.6. The number of benzene rings is 2. The van der Waals surface area contributed by atoms with Gasteiger partial charge in [-0.3, -0.25) is 14.5 Å². The zero-order valence-corrected chi connectivity index (χ0v) is 17.0. The molecule has 1 saturated heterocycles. The number of amides is 1. The number of cyclic esters (lactones) is 1. The van der Waals surface area contributed by atoms with Gasteiger partial charge < -0.3 is 14.2 Å². The lowest BCUT2D eigenvalue weighted by molar-refractivity contribution is -0.137. The van der Waals surface area contributed by atoms with E-state index in [0.29, 0.717) is 41.1 Å². The van der Waals surface area contributed by atoms with E-state index < -0.39 is 0 Å². The number of aryl methyl sites for hydroxylation is 1. The average Bonchev–Trinajstić information content (AvgIpc) is 3.44. The predicted molar refractivity (Wildman–Crippen MR) is 114 cm³/mol. The molecule has 3 aliphatic rings. The third-order valence-electron chi connectivity index (χ3n) is 4.96. The number of carbonyl (C=O) groups is 2. The first-order valence-corrected chi connectivity index (χ1v) is 10.4. The van der Waals surface area contributed by atoms with E-state index in [4.69, 9.17) is 14.2 Å². The average molecular weight is 422 g/mol. The van der Waals surface area contributed by atoms with Crippen molar-refractivity contribution in [3.63, 3.8) is 0 Å². The smallest absolute Gasteiger partial charge is 0.319 e. The molecule has 3 heterocycles. The van der Waals surface area contributed by atoms with Crippen molar-refractivity contribution in [3.8, 4) is 11.5 Å². The molecule has 7 nitrogen and oxygen atoms in total. The summed E-state index contributed by atoms with van der Waals surface area (Å²) in [5.41, 5.74) is 2.87. The minimum atomic E-state index is -0.366. The number of esters is 1. The number of fused-ring (bicyclic) bond motifs is 1. The van der Waals surface area contributed by atoms with Gasteiger partial charge in [0.25, 0.3) is 5.91 Å². The number of aliphatic imine (C=N–C) groups is 1. The van der Waals surface area contributed by atoms with Crippen LogP contribution in [-0.4, -0.2) is 35.7 Å². The van der Waals surface area contributed by atoms with Gasteiger partial charge in [0.2, 0.25) is 6.79 Å². The van der Waals surface area contributed by atoms with Crippen molar-refractivity contribution < 1.29 is 23.8 Å². The number of amidine groups is 1. The summed E-state index contributed by atoms with van der Waals surface area (Å²) in [6.07, 6.45) is 2.31. The van der Waals surface area contributed by atoms with E-state index in [1.807, 2.05) is 43.3 Å². The highest BCUT2D eigenvalue weighted by Crippen LogP contribution is 2.36. The second kappa shape index (κ2) is 7.53. The molecular weight excluding hydrogens is 404 g/mol. The summed E-state index contributed by atoms with van der Waals surface area (Å²) in [6, 6.07) is 13.1. The van der Waals surface area contributed by atoms with Crippen molar-refractivity contribution in [2.75, 3.05) is 18.3 Å². The summed E-state index contributed by atoms with van der Waals surface area (Å²) in [5.74, 6) is 0.797. The maximum Gasteiger partial charge on any atom is 0.319 e. The standard InChI is InChI=1S/C22H18N2O5S/c1-13-2-5-15(6-3-13)24-20(25)16(23-22(24)30-19-8-9-27-21(19)26)10-14-4-7-17-18(11-14)29-12-28-17/h2-7,10-11,19H,8-9,12H2,1H3. The number of carbonyl (C=O) groups excluding carboxylic acids is 2. The molecule has 1 unspecified atom stereocenters. The topological polar surface area (TPSA) is 77.4 Å². The molecule has 0 saturated carbocycles. The fraction of sp³-hybridized carbons (Fsp3) is 0.227. The number of hydrogen-bond donors (Lipinski definition) is 0. The van der Waals surface area contributed by atoms with Crippen LogP contribution in [0.3, 0.4) is 0 Å². The SMILES string of the molecule is Cc1ccc(N2C(=O)C(=Cc3ccc4c(c3)OCO4)N=C2SC2CCOC2=O)cc1. The lowest BCUT2D eigenvalue weighted by atomic mass is 10.1. The Balaban J connectivity index is 1.50. The van der Waals surface area contributed by atoms with Crippen molar-refractivity contribution in [1.29, 1.82) is 0 Å². The van der Waals surface area contributed by atoms with Gasteiger partial charge in [0.15, 0.2) is 16.7 Å². The molecule has 30 heavy (non-hydrogen) atoms. The minimum Gasteiger partial charge on any atom is -0.465 e. The molecule has 0 radical (unpaired) electrons. The molecular formula is C22H18N2O5S. The van der Waals surface area contributed by atoms with Crippen molar-refractivity contribution in [3.05, 3.63) is 59.3 Å². The van der Waals surface area contributed by atoms with Crippen molar-refractivity contribution in [2.45, 2.75) is 18.6 Å². The molecule has 1 amide bonds. The molecule has 3 aliphatic heterocycles. The van der Waals surface area contributed by atoms with Crippen molar-refractivity contribution in [2.24, 2.45) is 4.99 Å². The van der Waals surface area contributed by atoms with Gasteiger partial charge >= 0.3 is 5.97 Å². The monoisotopic (exact) mass is 422 g/mol. The van der Waals surface area contributed by atoms with E-state index >= 15 is 0 Å². The van der Waals surface area contributed by atoms with Gasteiger partial charge in [0.1, 0.15) is 10.9 Å². The second-order valence-corrected chi connectivity index (χ2v) is 8.25. The molecule has 1 fully saturated rings. The molecule has 1 atom stereocenters. The fourth-order valence-electron chi connectivity index (χ4n) is 3.37. The maximum atomic E-state index is 13.3. The van der Waals surface area contributed by atoms with Crippen LogP contribution in [0, 0.1) is 6.92 Å². The van der Waals surface area contributed by atoms with Crippen LogP contribution >= 0.6 is 11.8 Å². The van der Waals surface area contributed by atoms with Gasteiger partial charge in [0.05, 0.1) is 12.3 Å². The molecule has 152 valence electrons. The van der Waals surface area contributed by atoms with Crippen LogP contribution in [0.2, 0.25) is 0 Å².